The van der Waals surface area contributed by atoms with Gasteiger partial charge < -0.3 is 14.7 Å². The Morgan fingerprint density at radius 1 is 1.55 bits per heavy atom. The number of likely N-dealkylation sites (tertiary alicyclic amines) is 1. The summed E-state index contributed by atoms with van der Waals surface area (Å²) in [6, 6.07) is 3.64. The lowest BCUT2D eigenvalue weighted by Crippen LogP contribution is -2.45. The molecule has 3 atom stereocenters. The maximum atomic E-state index is 12.7. The Balaban J connectivity index is 1.78. The minimum absolute atomic E-state index is 0.0338. The molecular formula is C15H18ClNO4S. The summed E-state index contributed by atoms with van der Waals surface area (Å²) in [6.07, 6.45) is 0.468. The lowest BCUT2D eigenvalue weighted by molar-refractivity contribution is -0.157. The van der Waals surface area contributed by atoms with Crippen LogP contribution >= 0.6 is 22.9 Å². The predicted molar refractivity (Wildman–Crippen MR) is 83.3 cm³/mol. The first-order valence-corrected chi connectivity index (χ1v) is 8.48. The fourth-order valence-corrected chi connectivity index (χ4v) is 4.53. The maximum absolute atomic E-state index is 12.7. The van der Waals surface area contributed by atoms with Gasteiger partial charge >= 0.3 is 5.97 Å². The van der Waals surface area contributed by atoms with Crippen molar-refractivity contribution in [2.75, 3.05) is 26.3 Å². The number of carboxylic acids is 1. The first-order chi connectivity index (χ1) is 10.4. The van der Waals surface area contributed by atoms with E-state index in [0.29, 0.717) is 30.5 Å². The molecule has 120 valence electrons. The zero-order chi connectivity index (χ0) is 15.9. The van der Waals surface area contributed by atoms with Gasteiger partial charge in [0.15, 0.2) is 0 Å². The van der Waals surface area contributed by atoms with Crippen LogP contribution in [0.2, 0.25) is 4.34 Å². The van der Waals surface area contributed by atoms with E-state index < -0.39 is 11.4 Å². The molecule has 1 unspecified atom stereocenters. The number of halogens is 1. The molecule has 3 rings (SSSR count). The number of nitrogens with zero attached hydrogens (tertiary/aromatic N) is 1. The van der Waals surface area contributed by atoms with Crippen molar-refractivity contribution in [2.24, 2.45) is 11.3 Å². The summed E-state index contributed by atoms with van der Waals surface area (Å²) in [4.78, 5) is 27.1. The summed E-state index contributed by atoms with van der Waals surface area (Å²) >= 11 is 7.32. The second-order valence-electron chi connectivity index (χ2n) is 6.07. The molecule has 1 aromatic rings. The minimum Gasteiger partial charge on any atom is -0.481 e. The highest BCUT2D eigenvalue weighted by Gasteiger charge is 2.55. The monoisotopic (exact) mass is 343 g/mol. The summed E-state index contributed by atoms with van der Waals surface area (Å²) < 4.78 is 6.07. The fraction of sp³-hybridized carbons (Fsp3) is 0.600. The van der Waals surface area contributed by atoms with Gasteiger partial charge in [-0.1, -0.05) is 11.6 Å². The molecule has 0 bridgehead atoms. The highest BCUT2D eigenvalue weighted by Crippen LogP contribution is 2.43. The molecule has 0 saturated carbocycles. The Bertz CT molecular complexity index is 604. The first kappa shape index (κ1) is 15.8. The Morgan fingerprint density at radius 3 is 2.91 bits per heavy atom. The number of fused-ring (bicyclic) bond motifs is 1. The highest BCUT2D eigenvalue weighted by molar-refractivity contribution is 7.16. The molecule has 1 aromatic heterocycles. The SMILES string of the molecule is CC(C(=O)N1C[C@H]2COCC[C@@]2(C(=O)O)C1)c1ccc(Cl)s1. The number of aliphatic carboxylic acids is 1. The van der Waals surface area contributed by atoms with Crippen LogP contribution in [0.1, 0.15) is 24.1 Å². The van der Waals surface area contributed by atoms with Crippen LogP contribution in [0.3, 0.4) is 0 Å². The molecule has 0 aliphatic carbocycles. The molecule has 0 radical (unpaired) electrons. The van der Waals surface area contributed by atoms with E-state index in [1.165, 1.54) is 11.3 Å². The number of thiophene rings is 1. The van der Waals surface area contributed by atoms with E-state index in [1.807, 2.05) is 13.0 Å². The van der Waals surface area contributed by atoms with Gasteiger partial charge in [0.05, 0.1) is 22.3 Å². The van der Waals surface area contributed by atoms with Crippen molar-refractivity contribution in [3.8, 4) is 0 Å². The lowest BCUT2D eigenvalue weighted by Gasteiger charge is -2.33. The van der Waals surface area contributed by atoms with E-state index in [9.17, 15) is 14.7 Å². The number of carbonyl (C=O) groups is 2. The Labute approximate surface area is 137 Å². The molecule has 22 heavy (non-hydrogen) atoms. The highest BCUT2D eigenvalue weighted by atomic mass is 35.5. The summed E-state index contributed by atoms with van der Waals surface area (Å²) in [5.74, 6) is -1.28. The molecule has 7 heteroatoms. The van der Waals surface area contributed by atoms with Crippen molar-refractivity contribution >= 4 is 34.8 Å². The normalized spacial score (nSPS) is 29.2. The molecule has 1 amide bonds. The summed E-state index contributed by atoms with van der Waals surface area (Å²) in [6.45, 7) is 3.43. The third-order valence-corrected chi connectivity index (χ3v) is 6.25. The average Bonchev–Trinajstić information content (AvgIpc) is 3.09. The van der Waals surface area contributed by atoms with Crippen molar-refractivity contribution in [2.45, 2.75) is 19.3 Å². The topological polar surface area (TPSA) is 66.8 Å². The number of amides is 1. The van der Waals surface area contributed by atoms with E-state index >= 15 is 0 Å². The van der Waals surface area contributed by atoms with Crippen LogP contribution in [0, 0.1) is 11.3 Å². The van der Waals surface area contributed by atoms with E-state index in [0.717, 1.165) is 4.88 Å². The van der Waals surface area contributed by atoms with E-state index in [2.05, 4.69) is 0 Å². The fourth-order valence-electron chi connectivity index (χ4n) is 3.42. The molecule has 2 aliphatic heterocycles. The van der Waals surface area contributed by atoms with Crippen molar-refractivity contribution in [1.29, 1.82) is 0 Å². The second-order valence-corrected chi connectivity index (χ2v) is 7.81. The molecule has 2 fully saturated rings. The largest absolute Gasteiger partial charge is 0.481 e. The van der Waals surface area contributed by atoms with Gasteiger partial charge in [-0.3, -0.25) is 9.59 Å². The van der Waals surface area contributed by atoms with Gasteiger partial charge in [0.25, 0.3) is 0 Å². The van der Waals surface area contributed by atoms with Crippen LogP contribution in [0.4, 0.5) is 0 Å². The molecule has 5 nitrogen and oxygen atoms in total. The van der Waals surface area contributed by atoms with Gasteiger partial charge in [-0.2, -0.15) is 0 Å². The Kier molecular flexibility index (Phi) is 4.18. The Hall–Kier alpha value is -1.11. The first-order valence-electron chi connectivity index (χ1n) is 7.29. The minimum atomic E-state index is -0.847. The summed E-state index contributed by atoms with van der Waals surface area (Å²) in [5, 5.41) is 9.65. The van der Waals surface area contributed by atoms with Gasteiger partial charge in [0.1, 0.15) is 0 Å². The average molecular weight is 344 g/mol. The standard InChI is InChI=1S/C15H18ClNO4S/c1-9(11-2-3-12(16)22-11)13(18)17-6-10-7-21-5-4-15(10,8-17)14(19)20/h2-3,9-10H,4-8H2,1H3,(H,19,20)/t9?,10-,15+/m0/s1. The zero-order valence-corrected chi connectivity index (χ0v) is 13.8. The third-order valence-electron chi connectivity index (χ3n) is 4.84. The second kappa shape index (κ2) is 5.83. The number of carbonyl (C=O) groups excluding carboxylic acids is 1. The molecular weight excluding hydrogens is 326 g/mol. The van der Waals surface area contributed by atoms with Crippen molar-refractivity contribution < 1.29 is 19.4 Å². The van der Waals surface area contributed by atoms with Gasteiger partial charge in [0, 0.05) is 30.5 Å². The number of hydrogen-bond acceptors (Lipinski definition) is 4. The quantitative estimate of drug-likeness (QED) is 0.915. The van der Waals surface area contributed by atoms with Crippen molar-refractivity contribution in [3.05, 3.63) is 21.3 Å². The van der Waals surface area contributed by atoms with Crippen molar-refractivity contribution in [1.82, 2.24) is 4.90 Å². The molecule has 3 heterocycles. The van der Waals surface area contributed by atoms with E-state index in [4.69, 9.17) is 16.3 Å². The van der Waals surface area contributed by atoms with Gasteiger partial charge in [0.2, 0.25) is 5.91 Å². The van der Waals surface area contributed by atoms with Crippen LogP contribution in [0.15, 0.2) is 12.1 Å². The van der Waals surface area contributed by atoms with Crippen LogP contribution in [0.5, 0.6) is 0 Å². The maximum Gasteiger partial charge on any atom is 0.311 e. The van der Waals surface area contributed by atoms with Gasteiger partial charge in [-0.05, 0) is 25.5 Å². The van der Waals surface area contributed by atoms with Crippen LogP contribution < -0.4 is 0 Å². The van der Waals surface area contributed by atoms with Crippen LogP contribution in [-0.2, 0) is 14.3 Å². The predicted octanol–water partition coefficient (Wildman–Crippen LogP) is 2.45. The molecule has 0 aromatic carbocycles. The van der Waals surface area contributed by atoms with E-state index in [-0.39, 0.29) is 24.3 Å². The lowest BCUT2D eigenvalue weighted by atomic mass is 9.74. The number of hydrogen-bond donors (Lipinski definition) is 1. The van der Waals surface area contributed by atoms with E-state index in [1.54, 1.807) is 11.0 Å². The van der Waals surface area contributed by atoms with Crippen molar-refractivity contribution in [3.63, 3.8) is 0 Å². The molecule has 1 N–H and O–H groups in total. The number of rotatable bonds is 3. The molecule has 2 aliphatic rings. The van der Waals surface area contributed by atoms with Gasteiger partial charge in [-0.25, -0.2) is 0 Å². The summed E-state index contributed by atoms with van der Waals surface area (Å²) in [7, 11) is 0. The third kappa shape index (κ3) is 2.53. The summed E-state index contributed by atoms with van der Waals surface area (Å²) in [5.41, 5.74) is -0.847. The smallest absolute Gasteiger partial charge is 0.311 e. The van der Waals surface area contributed by atoms with Crippen LogP contribution in [0.25, 0.3) is 0 Å². The zero-order valence-electron chi connectivity index (χ0n) is 12.3. The van der Waals surface area contributed by atoms with Gasteiger partial charge in [-0.15, -0.1) is 11.3 Å². The van der Waals surface area contributed by atoms with Crippen LogP contribution in [-0.4, -0.2) is 48.2 Å². The number of ether oxygens (including phenoxy) is 1. The molecule has 2 saturated heterocycles. The number of carboxylic acid groups (broad SMARTS) is 1. The molecule has 0 spiro atoms. The Morgan fingerprint density at radius 2 is 2.32 bits per heavy atom.